The molecule has 0 amide bonds. The molecule has 0 aliphatic carbocycles. The van der Waals surface area contributed by atoms with Gasteiger partial charge in [0.25, 0.3) is 0 Å². The van der Waals surface area contributed by atoms with Crippen molar-refractivity contribution in [2.45, 2.75) is 18.4 Å². The number of hydrogen-bond acceptors (Lipinski definition) is 4. The minimum Gasteiger partial charge on any atom is -0.460 e. The van der Waals surface area contributed by atoms with E-state index in [4.69, 9.17) is 10.5 Å². The fraction of sp³-hybridized carbons (Fsp3) is 0.364. The first-order chi connectivity index (χ1) is 7.26. The Labute approximate surface area is 94.0 Å². The lowest BCUT2D eigenvalue weighted by Gasteiger charge is -2.04. The number of benzene rings is 1. The van der Waals surface area contributed by atoms with E-state index in [2.05, 4.69) is 6.92 Å². The van der Waals surface area contributed by atoms with Crippen LogP contribution < -0.4 is 5.73 Å². The van der Waals surface area contributed by atoms with Crippen LogP contribution in [0, 0.1) is 0 Å². The minimum absolute atomic E-state index is 0.0657. The zero-order valence-corrected chi connectivity index (χ0v) is 9.55. The number of nitrogens with two attached hydrogens (primary N) is 1. The minimum atomic E-state index is -0.373. The first kappa shape index (κ1) is 12.1. The Balaban J connectivity index is 2.45. The van der Waals surface area contributed by atoms with Gasteiger partial charge in [-0.05, 0) is 23.4 Å². The summed E-state index contributed by atoms with van der Waals surface area (Å²) in [5.41, 5.74) is 6.11. The Kier molecular flexibility index (Phi) is 5.21. The summed E-state index contributed by atoms with van der Waals surface area (Å²) in [6.07, 6.45) is 0. The average molecular weight is 225 g/mol. The number of thioether (sulfide) groups is 1. The first-order valence-electron chi connectivity index (χ1n) is 4.83. The van der Waals surface area contributed by atoms with Crippen molar-refractivity contribution >= 4 is 17.7 Å². The van der Waals surface area contributed by atoms with E-state index in [1.165, 1.54) is 4.90 Å². The lowest BCUT2D eigenvalue weighted by molar-refractivity contribution is -0.143. The third kappa shape index (κ3) is 4.36. The smallest absolute Gasteiger partial charge is 0.320 e. The molecule has 4 heteroatoms. The molecule has 0 aromatic heterocycles. The summed E-state index contributed by atoms with van der Waals surface area (Å²) in [5, 5.41) is 0. The number of carbonyl (C=O) groups excluding carboxylic acids is 1. The predicted molar refractivity (Wildman–Crippen MR) is 61.7 cm³/mol. The molecule has 0 unspecified atom stereocenters. The molecule has 0 fully saturated rings. The van der Waals surface area contributed by atoms with Gasteiger partial charge in [0, 0.05) is 4.90 Å². The Morgan fingerprint density at radius 3 is 2.60 bits per heavy atom. The van der Waals surface area contributed by atoms with Crippen LogP contribution in [-0.2, 0) is 16.1 Å². The first-order valence-corrected chi connectivity index (χ1v) is 5.82. The van der Waals surface area contributed by atoms with Gasteiger partial charge >= 0.3 is 5.97 Å². The van der Waals surface area contributed by atoms with E-state index < -0.39 is 0 Å². The van der Waals surface area contributed by atoms with E-state index in [9.17, 15) is 4.79 Å². The lowest BCUT2D eigenvalue weighted by Crippen LogP contribution is -2.16. The quantitative estimate of drug-likeness (QED) is 0.613. The van der Waals surface area contributed by atoms with Crippen molar-refractivity contribution in [1.29, 1.82) is 0 Å². The van der Waals surface area contributed by atoms with Gasteiger partial charge in [0.1, 0.15) is 6.61 Å². The van der Waals surface area contributed by atoms with Crippen LogP contribution in [0.1, 0.15) is 12.5 Å². The van der Waals surface area contributed by atoms with Crippen molar-refractivity contribution in [3.63, 3.8) is 0 Å². The Bertz CT molecular complexity index is 311. The van der Waals surface area contributed by atoms with E-state index >= 15 is 0 Å². The monoisotopic (exact) mass is 225 g/mol. The van der Waals surface area contributed by atoms with E-state index in [0.29, 0.717) is 6.61 Å². The zero-order valence-electron chi connectivity index (χ0n) is 8.73. The standard InChI is InChI=1S/C11H15NO2S/c1-2-15-10-5-3-9(4-6-10)8-14-11(13)7-12/h3-6H,2,7-8,12H2,1H3. The highest BCUT2D eigenvalue weighted by molar-refractivity contribution is 7.99. The number of hydrogen-bond donors (Lipinski definition) is 1. The summed E-state index contributed by atoms with van der Waals surface area (Å²) in [6.45, 7) is 2.35. The highest BCUT2D eigenvalue weighted by Gasteiger charge is 1.99. The van der Waals surface area contributed by atoms with Crippen LogP contribution in [0.25, 0.3) is 0 Å². The molecule has 0 aliphatic rings. The molecule has 0 saturated carbocycles. The van der Waals surface area contributed by atoms with Crippen LogP contribution in [0.3, 0.4) is 0 Å². The fourth-order valence-corrected chi connectivity index (χ4v) is 1.73. The summed E-state index contributed by atoms with van der Waals surface area (Å²) in [4.78, 5) is 12.0. The Morgan fingerprint density at radius 2 is 2.07 bits per heavy atom. The summed E-state index contributed by atoms with van der Waals surface area (Å²) >= 11 is 1.79. The fourth-order valence-electron chi connectivity index (χ4n) is 1.07. The molecule has 1 aromatic carbocycles. The average Bonchev–Trinajstić information content (AvgIpc) is 2.28. The van der Waals surface area contributed by atoms with E-state index in [0.717, 1.165) is 11.3 Å². The molecule has 3 nitrogen and oxygen atoms in total. The SMILES string of the molecule is CCSc1ccc(COC(=O)CN)cc1. The molecule has 0 aliphatic heterocycles. The van der Waals surface area contributed by atoms with Crippen LogP contribution in [0.4, 0.5) is 0 Å². The van der Waals surface area contributed by atoms with Gasteiger partial charge in [-0.15, -0.1) is 11.8 Å². The van der Waals surface area contributed by atoms with Crippen LogP contribution in [0.2, 0.25) is 0 Å². The summed E-state index contributed by atoms with van der Waals surface area (Å²) in [6, 6.07) is 7.98. The maximum atomic E-state index is 10.8. The summed E-state index contributed by atoms with van der Waals surface area (Å²) in [7, 11) is 0. The molecule has 1 rings (SSSR count). The molecular weight excluding hydrogens is 210 g/mol. The molecule has 0 bridgehead atoms. The van der Waals surface area contributed by atoms with Gasteiger partial charge < -0.3 is 10.5 Å². The zero-order chi connectivity index (χ0) is 11.1. The molecule has 0 saturated heterocycles. The van der Waals surface area contributed by atoms with E-state index in [-0.39, 0.29) is 12.5 Å². The second-order valence-electron chi connectivity index (χ2n) is 2.94. The maximum Gasteiger partial charge on any atom is 0.320 e. The van der Waals surface area contributed by atoms with Gasteiger partial charge in [0.15, 0.2) is 0 Å². The Hall–Kier alpha value is -1.00. The highest BCUT2D eigenvalue weighted by Crippen LogP contribution is 2.17. The lowest BCUT2D eigenvalue weighted by atomic mass is 10.2. The number of carbonyl (C=O) groups is 1. The normalized spacial score (nSPS) is 10.0. The molecule has 0 spiro atoms. The molecule has 1 aromatic rings. The molecule has 0 heterocycles. The number of esters is 1. The van der Waals surface area contributed by atoms with Gasteiger partial charge in [-0.3, -0.25) is 4.79 Å². The Morgan fingerprint density at radius 1 is 1.40 bits per heavy atom. The van der Waals surface area contributed by atoms with Crippen LogP contribution in [0.15, 0.2) is 29.2 Å². The van der Waals surface area contributed by atoms with E-state index in [1.54, 1.807) is 11.8 Å². The molecule has 2 N–H and O–H groups in total. The number of ether oxygens (including phenoxy) is 1. The topological polar surface area (TPSA) is 52.3 Å². The second kappa shape index (κ2) is 6.48. The van der Waals surface area contributed by atoms with Crippen molar-refractivity contribution < 1.29 is 9.53 Å². The van der Waals surface area contributed by atoms with Gasteiger partial charge in [-0.25, -0.2) is 0 Å². The second-order valence-corrected chi connectivity index (χ2v) is 4.28. The summed E-state index contributed by atoms with van der Waals surface area (Å²) < 4.78 is 4.91. The summed E-state index contributed by atoms with van der Waals surface area (Å²) in [5.74, 6) is 0.684. The van der Waals surface area contributed by atoms with E-state index in [1.807, 2.05) is 24.3 Å². The number of rotatable bonds is 5. The largest absolute Gasteiger partial charge is 0.460 e. The molecule has 0 radical (unpaired) electrons. The molecule has 15 heavy (non-hydrogen) atoms. The predicted octanol–water partition coefficient (Wildman–Crippen LogP) is 1.80. The third-order valence-electron chi connectivity index (χ3n) is 1.80. The van der Waals surface area contributed by atoms with Crippen molar-refractivity contribution in [2.75, 3.05) is 12.3 Å². The van der Waals surface area contributed by atoms with Crippen molar-refractivity contribution in [3.8, 4) is 0 Å². The van der Waals surface area contributed by atoms with Crippen molar-refractivity contribution in [1.82, 2.24) is 0 Å². The van der Waals surface area contributed by atoms with Crippen LogP contribution in [0.5, 0.6) is 0 Å². The van der Waals surface area contributed by atoms with Gasteiger partial charge in [-0.1, -0.05) is 19.1 Å². The van der Waals surface area contributed by atoms with Gasteiger partial charge in [0.2, 0.25) is 0 Å². The maximum absolute atomic E-state index is 10.8. The third-order valence-corrected chi connectivity index (χ3v) is 2.70. The molecule has 82 valence electrons. The van der Waals surface area contributed by atoms with Crippen LogP contribution >= 0.6 is 11.8 Å². The van der Waals surface area contributed by atoms with Gasteiger partial charge in [-0.2, -0.15) is 0 Å². The van der Waals surface area contributed by atoms with Crippen molar-refractivity contribution in [2.24, 2.45) is 5.73 Å². The van der Waals surface area contributed by atoms with Gasteiger partial charge in [0.05, 0.1) is 6.54 Å². The molecule has 0 atom stereocenters. The molecular formula is C11H15NO2S. The van der Waals surface area contributed by atoms with Crippen LogP contribution in [-0.4, -0.2) is 18.3 Å². The highest BCUT2D eigenvalue weighted by atomic mass is 32.2. The van der Waals surface area contributed by atoms with Crippen molar-refractivity contribution in [3.05, 3.63) is 29.8 Å².